The van der Waals surface area contributed by atoms with Gasteiger partial charge in [0.05, 0.1) is 18.3 Å². The molecule has 27 heavy (non-hydrogen) atoms. The average Bonchev–Trinajstić information content (AvgIpc) is 3.16. The van der Waals surface area contributed by atoms with Crippen LogP contribution in [0.5, 0.6) is 0 Å². The summed E-state index contributed by atoms with van der Waals surface area (Å²) in [4.78, 5) is 26.6. The summed E-state index contributed by atoms with van der Waals surface area (Å²) in [6, 6.07) is 7.60. The molecule has 2 amide bonds. The van der Waals surface area contributed by atoms with Gasteiger partial charge in [-0.1, -0.05) is 36.7 Å². The van der Waals surface area contributed by atoms with E-state index in [9.17, 15) is 9.59 Å². The SMILES string of the molecule is CCCNC(=O)C1CCN(C(=O)c2cnn(Cc3ccccc3Cl)c2)CC1. The van der Waals surface area contributed by atoms with Crippen LogP contribution in [0.3, 0.4) is 0 Å². The highest BCUT2D eigenvalue weighted by Gasteiger charge is 2.28. The second-order valence-electron chi connectivity index (χ2n) is 6.88. The van der Waals surface area contributed by atoms with E-state index < -0.39 is 0 Å². The number of benzene rings is 1. The van der Waals surface area contributed by atoms with E-state index in [2.05, 4.69) is 10.4 Å². The summed E-state index contributed by atoms with van der Waals surface area (Å²) in [7, 11) is 0. The van der Waals surface area contributed by atoms with Crippen molar-refractivity contribution < 1.29 is 9.59 Å². The summed E-state index contributed by atoms with van der Waals surface area (Å²) >= 11 is 6.19. The average molecular weight is 389 g/mol. The van der Waals surface area contributed by atoms with Gasteiger partial charge in [-0.05, 0) is 30.9 Å². The van der Waals surface area contributed by atoms with Crippen LogP contribution < -0.4 is 5.32 Å². The number of halogens is 1. The van der Waals surface area contributed by atoms with Crippen LogP contribution in [0.4, 0.5) is 0 Å². The number of rotatable bonds is 6. The van der Waals surface area contributed by atoms with Crippen molar-refractivity contribution >= 4 is 23.4 Å². The molecule has 1 aromatic carbocycles. The van der Waals surface area contributed by atoms with Crippen molar-refractivity contribution in [3.63, 3.8) is 0 Å². The first-order valence-electron chi connectivity index (χ1n) is 9.41. The maximum absolute atomic E-state index is 12.7. The Morgan fingerprint density at radius 2 is 2.00 bits per heavy atom. The van der Waals surface area contributed by atoms with E-state index in [1.54, 1.807) is 22.0 Å². The summed E-state index contributed by atoms with van der Waals surface area (Å²) in [5, 5.41) is 7.92. The molecule has 0 spiro atoms. The number of amides is 2. The van der Waals surface area contributed by atoms with E-state index >= 15 is 0 Å². The number of hydrogen-bond acceptors (Lipinski definition) is 3. The number of nitrogens with zero attached hydrogens (tertiary/aromatic N) is 3. The number of carbonyl (C=O) groups excluding carboxylic acids is 2. The molecule has 1 fully saturated rings. The van der Waals surface area contributed by atoms with Crippen molar-refractivity contribution in [2.75, 3.05) is 19.6 Å². The van der Waals surface area contributed by atoms with Crippen molar-refractivity contribution in [3.05, 3.63) is 52.8 Å². The molecule has 0 aliphatic carbocycles. The van der Waals surface area contributed by atoms with Crippen LogP contribution in [0.15, 0.2) is 36.7 Å². The Morgan fingerprint density at radius 3 is 2.70 bits per heavy atom. The second kappa shape index (κ2) is 9.04. The molecule has 2 aromatic rings. The van der Waals surface area contributed by atoms with Crippen molar-refractivity contribution in [2.24, 2.45) is 5.92 Å². The van der Waals surface area contributed by atoms with Crippen molar-refractivity contribution in [1.82, 2.24) is 20.0 Å². The smallest absolute Gasteiger partial charge is 0.257 e. The summed E-state index contributed by atoms with van der Waals surface area (Å²) in [6.45, 7) is 4.46. The first kappa shape index (κ1) is 19.4. The molecule has 1 aliphatic rings. The predicted octanol–water partition coefficient (Wildman–Crippen LogP) is 2.96. The second-order valence-corrected chi connectivity index (χ2v) is 7.28. The van der Waals surface area contributed by atoms with Crippen LogP contribution in [0.1, 0.15) is 42.1 Å². The minimum atomic E-state index is -0.0344. The van der Waals surface area contributed by atoms with Crippen LogP contribution in [0.25, 0.3) is 0 Å². The van der Waals surface area contributed by atoms with Gasteiger partial charge >= 0.3 is 0 Å². The molecule has 1 aliphatic heterocycles. The van der Waals surface area contributed by atoms with Crippen LogP contribution >= 0.6 is 11.6 Å². The highest BCUT2D eigenvalue weighted by molar-refractivity contribution is 6.31. The molecule has 144 valence electrons. The third-order valence-corrected chi connectivity index (χ3v) is 5.24. The fourth-order valence-electron chi connectivity index (χ4n) is 3.28. The highest BCUT2D eigenvalue weighted by Crippen LogP contribution is 2.20. The standard InChI is InChI=1S/C20H25ClN4O2/c1-2-9-22-19(26)15-7-10-24(11-8-15)20(27)17-12-23-25(14-17)13-16-5-3-4-6-18(16)21/h3-6,12,14-15H,2,7-11,13H2,1H3,(H,22,26). The van der Waals surface area contributed by atoms with E-state index in [0.717, 1.165) is 12.0 Å². The molecule has 1 N–H and O–H groups in total. The van der Waals surface area contributed by atoms with E-state index in [1.165, 1.54) is 0 Å². The summed E-state index contributed by atoms with van der Waals surface area (Å²) < 4.78 is 1.72. The number of likely N-dealkylation sites (tertiary alicyclic amines) is 1. The Balaban J connectivity index is 1.56. The Bertz CT molecular complexity index is 797. The summed E-state index contributed by atoms with van der Waals surface area (Å²) in [5.74, 6) is 0.0767. The van der Waals surface area contributed by atoms with Gasteiger partial charge in [0.15, 0.2) is 0 Å². The molecule has 0 unspecified atom stereocenters. The molecular formula is C20H25ClN4O2. The maximum atomic E-state index is 12.7. The molecule has 2 heterocycles. The van der Waals surface area contributed by atoms with Gasteiger partial charge < -0.3 is 10.2 Å². The van der Waals surface area contributed by atoms with Crippen molar-refractivity contribution in [1.29, 1.82) is 0 Å². The fourth-order valence-corrected chi connectivity index (χ4v) is 3.48. The molecule has 0 radical (unpaired) electrons. The largest absolute Gasteiger partial charge is 0.356 e. The van der Waals surface area contributed by atoms with Crippen LogP contribution in [-0.4, -0.2) is 46.1 Å². The molecule has 6 nitrogen and oxygen atoms in total. The van der Waals surface area contributed by atoms with Crippen molar-refractivity contribution in [3.8, 4) is 0 Å². The topological polar surface area (TPSA) is 67.2 Å². The lowest BCUT2D eigenvalue weighted by Crippen LogP contribution is -2.43. The van der Waals surface area contributed by atoms with E-state index in [1.807, 2.05) is 31.2 Å². The van der Waals surface area contributed by atoms with Crippen LogP contribution in [0.2, 0.25) is 5.02 Å². The molecule has 7 heteroatoms. The number of aromatic nitrogens is 2. The molecule has 0 saturated carbocycles. The Morgan fingerprint density at radius 1 is 1.26 bits per heavy atom. The number of carbonyl (C=O) groups is 2. The van der Waals surface area contributed by atoms with Gasteiger partial charge in [0, 0.05) is 36.8 Å². The summed E-state index contributed by atoms with van der Waals surface area (Å²) in [6.07, 6.45) is 5.69. The van der Waals surface area contributed by atoms with Gasteiger partial charge in [-0.2, -0.15) is 5.10 Å². The monoisotopic (exact) mass is 388 g/mol. The molecule has 3 rings (SSSR count). The zero-order valence-electron chi connectivity index (χ0n) is 15.5. The summed E-state index contributed by atoms with van der Waals surface area (Å²) in [5.41, 5.74) is 1.52. The zero-order chi connectivity index (χ0) is 19.2. The lowest BCUT2D eigenvalue weighted by molar-refractivity contribution is -0.126. The van der Waals surface area contributed by atoms with Gasteiger partial charge in [-0.15, -0.1) is 0 Å². The molecule has 1 aromatic heterocycles. The number of hydrogen-bond donors (Lipinski definition) is 1. The Hall–Kier alpha value is -2.34. The first-order valence-corrected chi connectivity index (χ1v) is 9.79. The zero-order valence-corrected chi connectivity index (χ0v) is 16.3. The van der Waals surface area contributed by atoms with E-state index in [4.69, 9.17) is 11.6 Å². The molecule has 0 bridgehead atoms. The van der Waals surface area contributed by atoms with Gasteiger partial charge in [-0.3, -0.25) is 14.3 Å². The van der Waals surface area contributed by atoms with Crippen LogP contribution in [-0.2, 0) is 11.3 Å². The van der Waals surface area contributed by atoms with Gasteiger partial charge in [0.25, 0.3) is 5.91 Å². The van der Waals surface area contributed by atoms with E-state index in [-0.39, 0.29) is 17.7 Å². The Kier molecular flexibility index (Phi) is 6.50. The minimum Gasteiger partial charge on any atom is -0.356 e. The number of nitrogens with one attached hydrogen (secondary N) is 1. The van der Waals surface area contributed by atoms with Gasteiger partial charge in [0.1, 0.15) is 0 Å². The van der Waals surface area contributed by atoms with E-state index in [0.29, 0.717) is 49.6 Å². The quantitative estimate of drug-likeness (QED) is 0.827. The van der Waals surface area contributed by atoms with Gasteiger partial charge in [0.2, 0.25) is 5.91 Å². The molecular weight excluding hydrogens is 364 g/mol. The molecule has 0 atom stereocenters. The minimum absolute atomic E-state index is 0.00328. The highest BCUT2D eigenvalue weighted by atomic mass is 35.5. The normalized spacial score (nSPS) is 15.0. The number of piperidine rings is 1. The maximum Gasteiger partial charge on any atom is 0.257 e. The lowest BCUT2D eigenvalue weighted by Gasteiger charge is -2.31. The molecule has 1 saturated heterocycles. The van der Waals surface area contributed by atoms with Crippen molar-refractivity contribution in [2.45, 2.75) is 32.7 Å². The first-order chi connectivity index (χ1) is 13.1. The fraction of sp³-hybridized carbons (Fsp3) is 0.450. The predicted molar refractivity (Wildman–Crippen MR) is 105 cm³/mol. The third-order valence-electron chi connectivity index (χ3n) is 4.87. The lowest BCUT2D eigenvalue weighted by atomic mass is 9.95. The van der Waals surface area contributed by atoms with Crippen LogP contribution in [0, 0.1) is 5.92 Å². The van der Waals surface area contributed by atoms with Gasteiger partial charge in [-0.25, -0.2) is 0 Å². The third kappa shape index (κ3) is 4.89. The Labute approximate surface area is 164 Å².